The van der Waals surface area contributed by atoms with Crippen LogP contribution in [0.5, 0.6) is 0 Å². The van der Waals surface area contributed by atoms with E-state index >= 15 is 0 Å². The lowest BCUT2D eigenvalue weighted by Crippen LogP contribution is -2.24. The molecule has 0 spiro atoms. The summed E-state index contributed by atoms with van der Waals surface area (Å²) >= 11 is 0. The SMILES string of the molecule is Cc1nc(C(=O)NCc2ccc(S(C)(=O)=O)cc2)nn1-c1ccccc1C(C)C. The Kier molecular flexibility index (Phi) is 5.83. The van der Waals surface area contributed by atoms with Gasteiger partial charge in [-0.3, -0.25) is 4.79 Å². The number of sulfone groups is 1. The average molecular weight is 413 g/mol. The predicted octanol–water partition coefficient (Wildman–Crippen LogP) is 3.03. The van der Waals surface area contributed by atoms with E-state index in [9.17, 15) is 13.2 Å². The van der Waals surface area contributed by atoms with E-state index in [0.29, 0.717) is 11.7 Å². The molecule has 1 amide bonds. The molecule has 29 heavy (non-hydrogen) atoms. The summed E-state index contributed by atoms with van der Waals surface area (Å²) in [5.41, 5.74) is 2.81. The van der Waals surface area contributed by atoms with Crippen molar-refractivity contribution in [1.29, 1.82) is 0 Å². The lowest BCUT2D eigenvalue weighted by atomic mass is 10.0. The van der Waals surface area contributed by atoms with Gasteiger partial charge in [0.25, 0.3) is 5.91 Å². The highest BCUT2D eigenvalue weighted by molar-refractivity contribution is 7.90. The fraction of sp³-hybridized carbons (Fsp3) is 0.286. The molecule has 7 nitrogen and oxygen atoms in total. The summed E-state index contributed by atoms with van der Waals surface area (Å²) < 4.78 is 24.7. The number of benzene rings is 2. The Morgan fingerprint density at radius 3 is 2.38 bits per heavy atom. The molecule has 0 saturated heterocycles. The van der Waals surface area contributed by atoms with Crippen molar-refractivity contribution < 1.29 is 13.2 Å². The summed E-state index contributed by atoms with van der Waals surface area (Å²) in [5.74, 6) is 0.637. The van der Waals surface area contributed by atoms with Gasteiger partial charge in [0.15, 0.2) is 9.84 Å². The summed E-state index contributed by atoms with van der Waals surface area (Å²) in [6.45, 7) is 6.27. The van der Waals surface area contributed by atoms with E-state index in [1.165, 1.54) is 12.1 Å². The number of para-hydroxylation sites is 1. The Hall–Kier alpha value is -3.00. The summed E-state index contributed by atoms with van der Waals surface area (Å²) in [6.07, 6.45) is 1.16. The van der Waals surface area contributed by atoms with Crippen LogP contribution in [0.2, 0.25) is 0 Å². The van der Waals surface area contributed by atoms with Crippen LogP contribution in [0, 0.1) is 6.92 Å². The van der Waals surface area contributed by atoms with Crippen molar-refractivity contribution in [2.45, 2.75) is 38.1 Å². The molecule has 0 atom stereocenters. The van der Waals surface area contributed by atoms with Crippen LogP contribution in [-0.4, -0.2) is 35.3 Å². The van der Waals surface area contributed by atoms with Gasteiger partial charge in [0, 0.05) is 12.8 Å². The first-order chi connectivity index (χ1) is 13.7. The molecule has 152 valence electrons. The average Bonchev–Trinajstić information content (AvgIpc) is 3.07. The fourth-order valence-corrected chi connectivity index (χ4v) is 3.63. The number of amides is 1. The van der Waals surface area contributed by atoms with Gasteiger partial charge in [-0.2, -0.15) is 0 Å². The van der Waals surface area contributed by atoms with E-state index in [2.05, 4.69) is 29.2 Å². The van der Waals surface area contributed by atoms with E-state index in [4.69, 9.17) is 0 Å². The fourth-order valence-electron chi connectivity index (χ4n) is 3.00. The minimum Gasteiger partial charge on any atom is -0.345 e. The smallest absolute Gasteiger partial charge is 0.291 e. The van der Waals surface area contributed by atoms with E-state index < -0.39 is 9.84 Å². The second kappa shape index (κ2) is 8.16. The molecular formula is C21H24N4O3S. The van der Waals surface area contributed by atoms with Crippen molar-refractivity contribution in [3.05, 3.63) is 71.3 Å². The summed E-state index contributed by atoms with van der Waals surface area (Å²) in [6, 6.07) is 14.3. The largest absolute Gasteiger partial charge is 0.345 e. The lowest BCUT2D eigenvalue weighted by molar-refractivity contribution is 0.0940. The van der Waals surface area contributed by atoms with Crippen molar-refractivity contribution in [3.8, 4) is 5.69 Å². The van der Waals surface area contributed by atoms with Crippen LogP contribution in [0.15, 0.2) is 53.4 Å². The number of aryl methyl sites for hydroxylation is 1. The third-order valence-electron chi connectivity index (χ3n) is 4.56. The monoisotopic (exact) mass is 412 g/mol. The van der Waals surface area contributed by atoms with Crippen molar-refractivity contribution in [1.82, 2.24) is 20.1 Å². The molecule has 0 radical (unpaired) electrons. The number of nitrogens with zero attached hydrogens (tertiary/aromatic N) is 3. The molecule has 0 unspecified atom stereocenters. The van der Waals surface area contributed by atoms with Gasteiger partial charge in [-0.1, -0.05) is 44.2 Å². The zero-order valence-corrected chi connectivity index (χ0v) is 17.7. The highest BCUT2D eigenvalue weighted by Crippen LogP contribution is 2.23. The highest BCUT2D eigenvalue weighted by atomic mass is 32.2. The van der Waals surface area contributed by atoms with E-state index in [1.807, 2.05) is 31.2 Å². The summed E-state index contributed by atoms with van der Waals surface area (Å²) in [7, 11) is -3.24. The zero-order chi connectivity index (χ0) is 21.2. The molecule has 1 heterocycles. The van der Waals surface area contributed by atoms with Gasteiger partial charge in [-0.05, 0) is 42.2 Å². The normalized spacial score (nSPS) is 11.6. The van der Waals surface area contributed by atoms with Gasteiger partial charge < -0.3 is 5.32 Å². The van der Waals surface area contributed by atoms with E-state index in [-0.39, 0.29) is 23.2 Å². The molecule has 3 rings (SSSR count). The molecule has 0 saturated carbocycles. The van der Waals surface area contributed by atoms with Gasteiger partial charge in [-0.15, -0.1) is 5.10 Å². The van der Waals surface area contributed by atoms with Crippen LogP contribution < -0.4 is 5.32 Å². The van der Waals surface area contributed by atoms with Gasteiger partial charge >= 0.3 is 0 Å². The molecule has 1 aromatic heterocycles. The minimum absolute atomic E-state index is 0.0915. The van der Waals surface area contributed by atoms with Crippen LogP contribution in [0.25, 0.3) is 5.69 Å². The van der Waals surface area contributed by atoms with Crippen LogP contribution in [0.4, 0.5) is 0 Å². The zero-order valence-electron chi connectivity index (χ0n) is 16.9. The molecule has 8 heteroatoms. The van der Waals surface area contributed by atoms with Crippen LogP contribution in [0.3, 0.4) is 0 Å². The Morgan fingerprint density at radius 1 is 1.10 bits per heavy atom. The highest BCUT2D eigenvalue weighted by Gasteiger charge is 2.17. The molecular weight excluding hydrogens is 388 g/mol. The number of carbonyl (C=O) groups is 1. The molecule has 2 aromatic carbocycles. The molecule has 0 bridgehead atoms. The summed E-state index contributed by atoms with van der Waals surface area (Å²) in [5, 5.41) is 7.17. The number of hydrogen-bond acceptors (Lipinski definition) is 5. The molecule has 1 N–H and O–H groups in total. The maximum atomic E-state index is 12.5. The maximum Gasteiger partial charge on any atom is 0.291 e. The van der Waals surface area contributed by atoms with Gasteiger partial charge in [0.1, 0.15) is 5.82 Å². The maximum absolute atomic E-state index is 12.5. The van der Waals surface area contributed by atoms with Gasteiger partial charge in [-0.25, -0.2) is 18.1 Å². The number of carbonyl (C=O) groups excluding carboxylic acids is 1. The second-order valence-corrected chi connectivity index (χ2v) is 9.22. The Balaban J connectivity index is 1.76. The van der Waals surface area contributed by atoms with Crippen molar-refractivity contribution in [2.24, 2.45) is 0 Å². The van der Waals surface area contributed by atoms with Crippen LogP contribution in [0.1, 0.15) is 47.3 Å². The number of rotatable bonds is 6. The first-order valence-electron chi connectivity index (χ1n) is 9.27. The number of nitrogens with one attached hydrogen (secondary N) is 1. The lowest BCUT2D eigenvalue weighted by Gasteiger charge is -2.12. The molecule has 3 aromatic rings. The Morgan fingerprint density at radius 2 is 1.76 bits per heavy atom. The molecule has 0 aliphatic carbocycles. The summed E-state index contributed by atoms with van der Waals surface area (Å²) in [4.78, 5) is 17.1. The second-order valence-electron chi connectivity index (χ2n) is 7.21. The standard InChI is InChI=1S/C21H24N4O3S/c1-14(2)18-7-5-6-8-19(18)25-15(3)23-20(24-25)21(26)22-13-16-9-11-17(12-10-16)29(4,27)28/h5-12,14H,13H2,1-4H3,(H,22,26). The quantitative estimate of drug-likeness (QED) is 0.672. The van der Waals surface area contributed by atoms with Gasteiger partial charge in [0.2, 0.25) is 5.82 Å². The Labute approximate surface area is 170 Å². The minimum atomic E-state index is -3.24. The van der Waals surface area contributed by atoms with E-state index in [0.717, 1.165) is 23.1 Å². The van der Waals surface area contributed by atoms with E-state index in [1.54, 1.807) is 16.8 Å². The third kappa shape index (κ3) is 4.71. The van der Waals surface area contributed by atoms with Gasteiger partial charge in [0.05, 0.1) is 10.6 Å². The predicted molar refractivity (Wildman–Crippen MR) is 111 cm³/mol. The first-order valence-corrected chi connectivity index (χ1v) is 11.2. The van der Waals surface area contributed by atoms with Crippen molar-refractivity contribution in [2.75, 3.05) is 6.26 Å². The molecule has 0 aliphatic rings. The molecule has 0 fully saturated rings. The number of hydrogen-bond donors (Lipinski definition) is 1. The third-order valence-corrected chi connectivity index (χ3v) is 5.69. The van der Waals surface area contributed by atoms with Crippen molar-refractivity contribution >= 4 is 15.7 Å². The molecule has 0 aliphatic heterocycles. The number of aromatic nitrogens is 3. The van der Waals surface area contributed by atoms with Crippen LogP contribution >= 0.6 is 0 Å². The first kappa shape index (κ1) is 20.7. The van der Waals surface area contributed by atoms with Crippen LogP contribution in [-0.2, 0) is 16.4 Å². The Bertz CT molecular complexity index is 1130. The topological polar surface area (TPSA) is 93.9 Å². The van der Waals surface area contributed by atoms with Crippen molar-refractivity contribution in [3.63, 3.8) is 0 Å².